The smallest absolute Gasteiger partial charge is 0.203 e. The third-order valence-corrected chi connectivity index (χ3v) is 4.77. The molecule has 0 aliphatic rings. The highest BCUT2D eigenvalue weighted by molar-refractivity contribution is 7.14. The number of anilines is 1. The zero-order chi connectivity index (χ0) is 19.0. The first-order chi connectivity index (χ1) is 13.9. The number of hydrogen-bond donors (Lipinski definition) is 1. The lowest BCUT2D eigenvalue weighted by atomic mass is 10.2. The Morgan fingerprint density at radius 3 is 2.82 bits per heavy atom. The van der Waals surface area contributed by atoms with Gasteiger partial charge in [0.2, 0.25) is 5.13 Å². The standard InChI is InChI=1S/C21H19N5OS/c1-2-6-17(7-3-1)19-15-28-21(24-19)25-23-14-18-8-4-5-9-20(18)27-13-12-26-11-10-22-16-26/h1-11,14-16H,12-13H2,(H,24,25). The topological polar surface area (TPSA) is 64.3 Å². The summed E-state index contributed by atoms with van der Waals surface area (Å²) < 4.78 is 7.87. The zero-order valence-corrected chi connectivity index (χ0v) is 15.9. The van der Waals surface area contributed by atoms with E-state index in [1.165, 1.54) is 11.3 Å². The predicted octanol–water partition coefficient (Wildman–Crippen LogP) is 4.53. The Balaban J connectivity index is 1.36. The molecular formula is C21H19N5OS. The molecule has 4 rings (SSSR count). The van der Waals surface area contributed by atoms with Crippen LogP contribution in [0.3, 0.4) is 0 Å². The number of hydrogen-bond acceptors (Lipinski definition) is 6. The van der Waals surface area contributed by atoms with E-state index in [2.05, 4.69) is 20.5 Å². The van der Waals surface area contributed by atoms with Crippen LogP contribution in [-0.2, 0) is 6.54 Å². The molecule has 0 spiro atoms. The second-order valence-corrected chi connectivity index (χ2v) is 6.82. The number of nitrogens with one attached hydrogen (secondary N) is 1. The molecule has 0 atom stereocenters. The third-order valence-electron chi connectivity index (χ3n) is 4.02. The van der Waals surface area contributed by atoms with E-state index in [0.29, 0.717) is 6.61 Å². The van der Waals surface area contributed by atoms with E-state index in [4.69, 9.17) is 4.74 Å². The molecule has 0 saturated heterocycles. The maximum atomic E-state index is 5.89. The predicted molar refractivity (Wildman–Crippen MR) is 113 cm³/mol. The monoisotopic (exact) mass is 389 g/mol. The van der Waals surface area contributed by atoms with Gasteiger partial charge >= 0.3 is 0 Å². The van der Waals surface area contributed by atoms with Gasteiger partial charge in [0.05, 0.1) is 24.8 Å². The second kappa shape index (κ2) is 8.96. The Labute approximate surface area is 167 Å². The molecule has 0 bridgehead atoms. The summed E-state index contributed by atoms with van der Waals surface area (Å²) >= 11 is 1.52. The molecule has 0 unspecified atom stereocenters. The number of para-hydroxylation sites is 1. The largest absolute Gasteiger partial charge is 0.491 e. The van der Waals surface area contributed by atoms with Crippen LogP contribution in [0.15, 0.2) is 83.8 Å². The van der Waals surface area contributed by atoms with E-state index in [1.54, 1.807) is 18.7 Å². The van der Waals surface area contributed by atoms with Crippen molar-refractivity contribution in [3.8, 4) is 17.0 Å². The fraction of sp³-hybridized carbons (Fsp3) is 0.0952. The van der Waals surface area contributed by atoms with Gasteiger partial charge in [-0.15, -0.1) is 11.3 Å². The number of nitrogens with zero attached hydrogens (tertiary/aromatic N) is 4. The van der Waals surface area contributed by atoms with Crippen molar-refractivity contribution in [1.29, 1.82) is 0 Å². The average Bonchev–Trinajstić information content (AvgIpc) is 3.42. The van der Waals surface area contributed by atoms with Gasteiger partial charge in [0.1, 0.15) is 12.4 Å². The van der Waals surface area contributed by atoms with Gasteiger partial charge in [0.25, 0.3) is 0 Å². The van der Waals surface area contributed by atoms with Crippen molar-refractivity contribution in [2.24, 2.45) is 5.10 Å². The molecule has 140 valence electrons. The number of aromatic nitrogens is 3. The highest BCUT2D eigenvalue weighted by Gasteiger charge is 2.04. The van der Waals surface area contributed by atoms with Crippen molar-refractivity contribution in [2.45, 2.75) is 6.54 Å². The van der Waals surface area contributed by atoms with Crippen molar-refractivity contribution >= 4 is 22.7 Å². The number of benzene rings is 2. The number of hydrazone groups is 1. The molecule has 0 aliphatic carbocycles. The summed E-state index contributed by atoms with van der Waals surface area (Å²) in [5.74, 6) is 0.789. The molecule has 0 radical (unpaired) electrons. The Morgan fingerprint density at radius 1 is 1.11 bits per heavy atom. The van der Waals surface area contributed by atoms with E-state index in [0.717, 1.165) is 34.2 Å². The molecular weight excluding hydrogens is 370 g/mol. The highest BCUT2D eigenvalue weighted by atomic mass is 32.1. The molecule has 2 aromatic carbocycles. The van der Waals surface area contributed by atoms with Gasteiger partial charge in [0.15, 0.2) is 0 Å². The van der Waals surface area contributed by atoms with Gasteiger partial charge in [-0.1, -0.05) is 42.5 Å². The Hall–Kier alpha value is -3.45. The Bertz CT molecular complexity index is 1030. The van der Waals surface area contributed by atoms with Crippen LogP contribution in [0.25, 0.3) is 11.3 Å². The van der Waals surface area contributed by atoms with Gasteiger partial charge in [0, 0.05) is 28.9 Å². The van der Waals surface area contributed by atoms with Crippen LogP contribution in [0.1, 0.15) is 5.56 Å². The van der Waals surface area contributed by atoms with E-state index in [-0.39, 0.29) is 0 Å². The van der Waals surface area contributed by atoms with Gasteiger partial charge < -0.3 is 9.30 Å². The van der Waals surface area contributed by atoms with Crippen molar-refractivity contribution in [2.75, 3.05) is 12.0 Å². The minimum Gasteiger partial charge on any atom is -0.491 e. The van der Waals surface area contributed by atoms with Gasteiger partial charge in [-0.25, -0.2) is 9.97 Å². The van der Waals surface area contributed by atoms with Gasteiger partial charge in [-0.2, -0.15) is 5.10 Å². The number of rotatable bonds is 8. The molecule has 1 N–H and O–H groups in total. The first-order valence-corrected chi connectivity index (χ1v) is 9.74. The number of thiazole rings is 1. The van der Waals surface area contributed by atoms with Crippen LogP contribution in [0.2, 0.25) is 0 Å². The molecule has 2 heterocycles. The summed E-state index contributed by atoms with van der Waals surface area (Å²) in [5.41, 5.74) is 5.93. The van der Waals surface area contributed by atoms with Crippen molar-refractivity contribution < 1.29 is 4.74 Å². The molecule has 6 nitrogen and oxygen atoms in total. The molecule has 0 saturated carbocycles. The van der Waals surface area contributed by atoms with Crippen LogP contribution in [-0.4, -0.2) is 27.4 Å². The fourth-order valence-corrected chi connectivity index (χ4v) is 3.29. The van der Waals surface area contributed by atoms with Gasteiger partial charge in [-0.05, 0) is 12.1 Å². The normalized spacial score (nSPS) is 11.0. The molecule has 28 heavy (non-hydrogen) atoms. The molecule has 0 amide bonds. The molecule has 2 aromatic heterocycles. The minimum atomic E-state index is 0.557. The number of imidazole rings is 1. The average molecular weight is 389 g/mol. The summed E-state index contributed by atoms with van der Waals surface area (Å²) in [5, 5.41) is 7.07. The third kappa shape index (κ3) is 4.63. The lowest BCUT2D eigenvalue weighted by Gasteiger charge is -2.09. The summed E-state index contributed by atoms with van der Waals surface area (Å²) in [7, 11) is 0. The lowest BCUT2D eigenvalue weighted by molar-refractivity contribution is 0.298. The maximum Gasteiger partial charge on any atom is 0.203 e. The van der Waals surface area contributed by atoms with E-state index >= 15 is 0 Å². The van der Waals surface area contributed by atoms with Crippen molar-refractivity contribution in [3.63, 3.8) is 0 Å². The molecule has 0 aliphatic heterocycles. The number of ether oxygens (including phenoxy) is 1. The van der Waals surface area contributed by atoms with Crippen LogP contribution in [0.5, 0.6) is 5.75 Å². The van der Waals surface area contributed by atoms with Crippen LogP contribution >= 0.6 is 11.3 Å². The Kier molecular flexibility index (Phi) is 5.74. The SMILES string of the molecule is C(=NNc1nc(-c2ccccc2)cs1)c1ccccc1OCCn1ccnc1. The summed E-state index contributed by atoms with van der Waals surface area (Å²) in [6.07, 6.45) is 7.20. The second-order valence-electron chi connectivity index (χ2n) is 5.96. The lowest BCUT2D eigenvalue weighted by Crippen LogP contribution is -2.07. The van der Waals surface area contributed by atoms with E-state index in [9.17, 15) is 0 Å². The van der Waals surface area contributed by atoms with Gasteiger partial charge in [-0.3, -0.25) is 5.43 Å². The molecule has 0 fully saturated rings. The van der Waals surface area contributed by atoms with E-state index < -0.39 is 0 Å². The van der Waals surface area contributed by atoms with Crippen LogP contribution < -0.4 is 10.2 Å². The zero-order valence-electron chi connectivity index (χ0n) is 15.1. The first-order valence-electron chi connectivity index (χ1n) is 8.86. The molecule has 7 heteroatoms. The highest BCUT2D eigenvalue weighted by Crippen LogP contribution is 2.24. The first kappa shape index (κ1) is 17.9. The quantitative estimate of drug-likeness (QED) is 0.355. The maximum absolute atomic E-state index is 5.89. The summed E-state index contributed by atoms with van der Waals surface area (Å²) in [6.45, 7) is 1.30. The summed E-state index contributed by atoms with van der Waals surface area (Å²) in [4.78, 5) is 8.59. The van der Waals surface area contributed by atoms with Crippen LogP contribution in [0, 0.1) is 0 Å². The fourth-order valence-electron chi connectivity index (χ4n) is 2.62. The van der Waals surface area contributed by atoms with Crippen molar-refractivity contribution in [1.82, 2.24) is 14.5 Å². The van der Waals surface area contributed by atoms with Crippen LogP contribution in [0.4, 0.5) is 5.13 Å². The summed E-state index contributed by atoms with van der Waals surface area (Å²) in [6, 6.07) is 17.9. The Morgan fingerprint density at radius 2 is 1.96 bits per heavy atom. The van der Waals surface area contributed by atoms with Crippen molar-refractivity contribution in [3.05, 3.63) is 84.3 Å². The molecule has 4 aromatic rings. The van der Waals surface area contributed by atoms with E-state index in [1.807, 2.05) is 70.7 Å². The minimum absolute atomic E-state index is 0.557.